The van der Waals surface area contributed by atoms with Crippen molar-refractivity contribution in [2.45, 2.75) is 6.92 Å². The second-order valence-corrected chi connectivity index (χ2v) is 4.18. The lowest BCUT2D eigenvalue weighted by atomic mass is 10.0. The van der Waals surface area contributed by atoms with Crippen LogP contribution in [-0.4, -0.2) is 10.8 Å². The summed E-state index contributed by atoms with van der Waals surface area (Å²) in [5, 5.41) is 6.68. The molecule has 0 fully saturated rings. The van der Waals surface area contributed by atoms with Crippen molar-refractivity contribution in [2.24, 2.45) is 10.8 Å². The van der Waals surface area contributed by atoms with Gasteiger partial charge in [-0.3, -0.25) is 5.43 Å². The van der Waals surface area contributed by atoms with E-state index in [1.165, 1.54) is 10.8 Å². The first kappa shape index (κ1) is 11.5. The third-order valence-corrected chi connectivity index (χ3v) is 2.59. The van der Waals surface area contributed by atoms with Gasteiger partial charge in [0, 0.05) is 0 Å². The fraction of sp³-hybridized carbons (Fsp3) is 0.0769. The molecule has 3 N–H and O–H groups in total. The summed E-state index contributed by atoms with van der Waals surface area (Å²) < 4.78 is 0. The molecule has 86 valence electrons. The first-order valence-corrected chi connectivity index (χ1v) is 5.66. The summed E-state index contributed by atoms with van der Waals surface area (Å²) >= 11 is 4.70. The summed E-state index contributed by atoms with van der Waals surface area (Å²) in [6.07, 6.45) is 0. The van der Waals surface area contributed by atoms with E-state index in [4.69, 9.17) is 18.0 Å². The molecule has 17 heavy (non-hydrogen) atoms. The summed E-state index contributed by atoms with van der Waals surface area (Å²) in [4.78, 5) is 0. The number of hydrazone groups is 1. The van der Waals surface area contributed by atoms with Crippen LogP contribution >= 0.6 is 12.2 Å². The average Bonchev–Trinajstić information content (AvgIpc) is 2.35. The fourth-order valence-corrected chi connectivity index (χ4v) is 1.66. The van der Waals surface area contributed by atoms with E-state index in [0.717, 1.165) is 11.3 Å². The third kappa shape index (κ3) is 2.79. The molecular weight excluding hydrogens is 230 g/mol. The lowest BCUT2D eigenvalue weighted by Crippen LogP contribution is -2.25. The maximum atomic E-state index is 5.32. The molecule has 4 heteroatoms. The van der Waals surface area contributed by atoms with Crippen LogP contribution in [0.2, 0.25) is 0 Å². The molecule has 0 aliphatic rings. The zero-order valence-corrected chi connectivity index (χ0v) is 10.3. The number of nitrogens with zero attached hydrogens (tertiary/aromatic N) is 1. The van der Waals surface area contributed by atoms with Gasteiger partial charge in [-0.1, -0.05) is 36.4 Å². The quantitative estimate of drug-likeness (QED) is 0.484. The second-order valence-electron chi connectivity index (χ2n) is 3.74. The van der Waals surface area contributed by atoms with Crippen LogP contribution < -0.4 is 11.2 Å². The number of thiocarbonyl (C=S) groups is 1. The van der Waals surface area contributed by atoms with Crippen LogP contribution in [-0.2, 0) is 0 Å². The minimum absolute atomic E-state index is 0.171. The van der Waals surface area contributed by atoms with Gasteiger partial charge in [0.1, 0.15) is 0 Å². The lowest BCUT2D eigenvalue weighted by Gasteiger charge is -2.04. The summed E-state index contributed by atoms with van der Waals surface area (Å²) in [5.74, 6) is 0. The highest BCUT2D eigenvalue weighted by Gasteiger charge is 1.99. The molecule has 2 aromatic carbocycles. The summed E-state index contributed by atoms with van der Waals surface area (Å²) in [6.45, 7) is 1.91. The monoisotopic (exact) mass is 243 g/mol. The van der Waals surface area contributed by atoms with Crippen LogP contribution in [0.4, 0.5) is 0 Å². The fourth-order valence-electron chi connectivity index (χ4n) is 1.62. The van der Waals surface area contributed by atoms with E-state index in [2.05, 4.69) is 34.8 Å². The number of fused-ring (bicyclic) bond motifs is 1. The maximum Gasteiger partial charge on any atom is 0.184 e. The van der Waals surface area contributed by atoms with Crippen LogP contribution in [0.1, 0.15) is 12.5 Å². The third-order valence-electron chi connectivity index (χ3n) is 2.50. The van der Waals surface area contributed by atoms with Gasteiger partial charge >= 0.3 is 0 Å². The smallest absolute Gasteiger partial charge is 0.184 e. The molecule has 0 amide bonds. The number of hydrogen-bond donors (Lipinski definition) is 2. The van der Waals surface area contributed by atoms with Gasteiger partial charge in [-0.15, -0.1) is 0 Å². The molecule has 2 aromatic rings. The Hall–Kier alpha value is -1.94. The van der Waals surface area contributed by atoms with Crippen molar-refractivity contribution in [1.82, 2.24) is 5.43 Å². The van der Waals surface area contributed by atoms with E-state index in [9.17, 15) is 0 Å². The average molecular weight is 243 g/mol. The molecule has 2 rings (SSSR count). The van der Waals surface area contributed by atoms with E-state index in [0.29, 0.717) is 0 Å². The molecule has 0 saturated carbocycles. The minimum atomic E-state index is 0.171. The Morgan fingerprint density at radius 1 is 1.18 bits per heavy atom. The molecular formula is C13H13N3S. The van der Waals surface area contributed by atoms with Gasteiger partial charge in [-0.05, 0) is 41.5 Å². The Bertz CT molecular complexity index is 590. The first-order valence-electron chi connectivity index (χ1n) is 5.26. The number of nitrogens with one attached hydrogen (secondary N) is 1. The van der Waals surface area contributed by atoms with Gasteiger partial charge in [0.2, 0.25) is 0 Å². The number of hydrogen-bond acceptors (Lipinski definition) is 2. The van der Waals surface area contributed by atoms with Gasteiger partial charge < -0.3 is 5.73 Å². The van der Waals surface area contributed by atoms with Gasteiger partial charge in [-0.2, -0.15) is 5.10 Å². The Morgan fingerprint density at radius 2 is 1.88 bits per heavy atom. The van der Waals surface area contributed by atoms with Crippen LogP contribution in [0, 0.1) is 0 Å². The minimum Gasteiger partial charge on any atom is -0.375 e. The van der Waals surface area contributed by atoms with Crippen molar-refractivity contribution < 1.29 is 0 Å². The summed E-state index contributed by atoms with van der Waals surface area (Å²) in [7, 11) is 0. The second kappa shape index (κ2) is 4.93. The van der Waals surface area contributed by atoms with Crippen LogP contribution in [0.5, 0.6) is 0 Å². The van der Waals surface area contributed by atoms with Gasteiger partial charge in [0.05, 0.1) is 5.71 Å². The standard InChI is InChI=1S/C13H13N3S/c1-9(15-16-13(14)17)11-7-6-10-4-2-3-5-12(10)8-11/h2-8H,1H3,(H3,14,16,17). The number of nitrogens with two attached hydrogens (primary N) is 1. The molecule has 0 spiro atoms. The van der Waals surface area contributed by atoms with E-state index >= 15 is 0 Å². The zero-order valence-electron chi connectivity index (χ0n) is 9.47. The number of rotatable bonds is 2. The molecule has 0 aliphatic heterocycles. The van der Waals surface area contributed by atoms with Gasteiger partial charge in [-0.25, -0.2) is 0 Å². The first-order chi connectivity index (χ1) is 8.16. The highest BCUT2D eigenvalue weighted by Crippen LogP contribution is 2.15. The maximum absolute atomic E-state index is 5.32. The van der Waals surface area contributed by atoms with Crippen molar-refractivity contribution in [3.8, 4) is 0 Å². The topological polar surface area (TPSA) is 50.4 Å². The zero-order chi connectivity index (χ0) is 12.3. The van der Waals surface area contributed by atoms with Crippen molar-refractivity contribution in [3.05, 3.63) is 48.0 Å². The van der Waals surface area contributed by atoms with E-state index in [1.54, 1.807) is 0 Å². The largest absolute Gasteiger partial charge is 0.375 e. The summed E-state index contributed by atoms with van der Waals surface area (Å²) in [5.41, 5.74) is 9.81. The van der Waals surface area contributed by atoms with E-state index < -0.39 is 0 Å². The Labute approximate surface area is 105 Å². The molecule has 0 aromatic heterocycles. The highest BCUT2D eigenvalue weighted by molar-refractivity contribution is 7.80. The Kier molecular flexibility index (Phi) is 3.35. The molecule has 0 atom stereocenters. The summed E-state index contributed by atoms with van der Waals surface area (Å²) in [6, 6.07) is 14.4. The molecule has 0 radical (unpaired) electrons. The van der Waals surface area contributed by atoms with Gasteiger partial charge in [0.15, 0.2) is 5.11 Å². The lowest BCUT2D eigenvalue weighted by molar-refractivity contribution is 1.03. The van der Waals surface area contributed by atoms with Crippen molar-refractivity contribution >= 4 is 33.8 Å². The Balaban J connectivity index is 2.36. The van der Waals surface area contributed by atoms with Crippen LogP contribution in [0.25, 0.3) is 10.8 Å². The molecule has 0 unspecified atom stereocenters. The Morgan fingerprint density at radius 3 is 2.59 bits per heavy atom. The van der Waals surface area contributed by atoms with Crippen molar-refractivity contribution in [2.75, 3.05) is 0 Å². The molecule has 0 saturated heterocycles. The van der Waals surface area contributed by atoms with E-state index in [1.807, 2.05) is 25.1 Å². The highest BCUT2D eigenvalue weighted by atomic mass is 32.1. The van der Waals surface area contributed by atoms with Gasteiger partial charge in [0.25, 0.3) is 0 Å². The number of benzene rings is 2. The predicted octanol–water partition coefficient (Wildman–Crippen LogP) is 2.40. The predicted molar refractivity (Wildman–Crippen MR) is 76.1 cm³/mol. The molecule has 0 aliphatic carbocycles. The van der Waals surface area contributed by atoms with E-state index in [-0.39, 0.29) is 5.11 Å². The molecule has 0 heterocycles. The SMILES string of the molecule is CC(=NNC(N)=S)c1ccc2ccccc2c1. The normalized spacial score (nSPS) is 11.5. The van der Waals surface area contributed by atoms with Crippen LogP contribution in [0.15, 0.2) is 47.6 Å². The molecule has 3 nitrogen and oxygen atoms in total. The van der Waals surface area contributed by atoms with Crippen LogP contribution in [0.3, 0.4) is 0 Å². The van der Waals surface area contributed by atoms with Crippen molar-refractivity contribution in [3.63, 3.8) is 0 Å². The van der Waals surface area contributed by atoms with Crippen molar-refractivity contribution in [1.29, 1.82) is 0 Å². The molecule has 0 bridgehead atoms.